The summed E-state index contributed by atoms with van der Waals surface area (Å²) in [5.74, 6) is -0.669. The van der Waals surface area contributed by atoms with Crippen molar-refractivity contribution in [3.05, 3.63) is 71.1 Å². The fraction of sp³-hybridized carbons (Fsp3) is 0.240. The van der Waals surface area contributed by atoms with Crippen molar-refractivity contribution in [2.45, 2.75) is 39.0 Å². The molecule has 164 valence electrons. The molecule has 1 N–H and O–H groups in total. The van der Waals surface area contributed by atoms with Gasteiger partial charge >= 0.3 is 0 Å². The summed E-state index contributed by atoms with van der Waals surface area (Å²) in [5, 5.41) is 12.3. The zero-order valence-corrected chi connectivity index (χ0v) is 18.5. The number of aryl methyl sites for hydroxylation is 1. The zero-order chi connectivity index (χ0) is 22.5. The summed E-state index contributed by atoms with van der Waals surface area (Å²) in [5.41, 5.74) is 1.62. The van der Waals surface area contributed by atoms with Gasteiger partial charge in [-0.05, 0) is 54.1 Å². The van der Waals surface area contributed by atoms with Gasteiger partial charge < -0.3 is 5.11 Å². The first-order valence-corrected chi connectivity index (χ1v) is 11.5. The standard InChI is InChI=1S/C25H23F2N3OS/c1-2-3-4-5-8-16-13-14-32-22(16)25-29-23(18-12-11-17(26)15-20(18)27)28-24(30-25)19-9-6-7-10-21(19)31/h6-7,9-15,31H,2-5,8H2,1H3. The minimum atomic E-state index is -0.753. The number of rotatable bonds is 8. The van der Waals surface area contributed by atoms with Crippen LogP contribution in [0.5, 0.6) is 5.75 Å². The van der Waals surface area contributed by atoms with Gasteiger partial charge in [0, 0.05) is 6.07 Å². The molecular weight excluding hydrogens is 428 g/mol. The fourth-order valence-electron chi connectivity index (χ4n) is 3.52. The summed E-state index contributed by atoms with van der Waals surface area (Å²) >= 11 is 1.52. The molecule has 0 radical (unpaired) electrons. The van der Waals surface area contributed by atoms with Crippen LogP contribution in [0.1, 0.15) is 38.2 Å². The second-order valence-electron chi connectivity index (χ2n) is 7.53. The molecule has 0 fully saturated rings. The quantitative estimate of drug-likeness (QED) is 0.292. The lowest BCUT2D eigenvalue weighted by Gasteiger charge is -2.10. The largest absolute Gasteiger partial charge is 0.507 e. The van der Waals surface area contributed by atoms with Crippen LogP contribution in [0.3, 0.4) is 0 Å². The molecule has 32 heavy (non-hydrogen) atoms. The minimum absolute atomic E-state index is 0.0150. The molecule has 0 spiro atoms. The van der Waals surface area contributed by atoms with Gasteiger partial charge in [0.2, 0.25) is 0 Å². The Morgan fingerprint density at radius 3 is 2.34 bits per heavy atom. The van der Waals surface area contributed by atoms with E-state index >= 15 is 0 Å². The van der Waals surface area contributed by atoms with Crippen LogP contribution in [0.25, 0.3) is 33.5 Å². The first-order chi connectivity index (χ1) is 15.6. The van der Waals surface area contributed by atoms with E-state index in [1.165, 1.54) is 36.3 Å². The lowest BCUT2D eigenvalue weighted by Crippen LogP contribution is -2.02. The molecule has 0 saturated heterocycles. The van der Waals surface area contributed by atoms with E-state index in [-0.39, 0.29) is 23.0 Å². The van der Waals surface area contributed by atoms with Crippen LogP contribution in [0.15, 0.2) is 53.9 Å². The monoisotopic (exact) mass is 451 g/mol. The third-order valence-corrected chi connectivity index (χ3v) is 6.15. The Balaban J connectivity index is 1.82. The van der Waals surface area contributed by atoms with Crippen LogP contribution in [0.2, 0.25) is 0 Å². The number of hydrogen-bond acceptors (Lipinski definition) is 5. The summed E-state index contributed by atoms with van der Waals surface area (Å²) in [6.45, 7) is 2.18. The second kappa shape index (κ2) is 9.96. The van der Waals surface area contributed by atoms with E-state index in [4.69, 9.17) is 0 Å². The van der Waals surface area contributed by atoms with Gasteiger partial charge in [0.25, 0.3) is 0 Å². The van der Waals surface area contributed by atoms with Crippen molar-refractivity contribution in [1.82, 2.24) is 15.0 Å². The Morgan fingerprint density at radius 1 is 0.844 bits per heavy atom. The molecule has 0 aliphatic heterocycles. The maximum absolute atomic E-state index is 14.6. The predicted octanol–water partition coefficient (Wildman–Crippen LogP) is 7.04. The summed E-state index contributed by atoms with van der Waals surface area (Å²) in [6.07, 6.45) is 5.47. The minimum Gasteiger partial charge on any atom is -0.507 e. The highest BCUT2D eigenvalue weighted by Gasteiger charge is 2.19. The third kappa shape index (κ3) is 4.83. The van der Waals surface area contributed by atoms with Gasteiger partial charge in [-0.25, -0.2) is 23.7 Å². The van der Waals surface area contributed by atoms with Crippen LogP contribution >= 0.6 is 11.3 Å². The van der Waals surface area contributed by atoms with Crippen molar-refractivity contribution in [3.8, 4) is 39.2 Å². The number of hydrogen-bond donors (Lipinski definition) is 1. The van der Waals surface area contributed by atoms with Gasteiger partial charge in [0.15, 0.2) is 17.5 Å². The van der Waals surface area contributed by atoms with E-state index < -0.39 is 11.6 Å². The van der Waals surface area contributed by atoms with Crippen molar-refractivity contribution < 1.29 is 13.9 Å². The summed E-state index contributed by atoms with van der Waals surface area (Å²) in [7, 11) is 0. The normalized spacial score (nSPS) is 11.1. The van der Waals surface area contributed by atoms with Gasteiger partial charge in [-0.3, -0.25) is 0 Å². The van der Waals surface area contributed by atoms with Crippen molar-refractivity contribution in [2.75, 3.05) is 0 Å². The number of phenols is 1. The van der Waals surface area contributed by atoms with Crippen molar-refractivity contribution >= 4 is 11.3 Å². The van der Waals surface area contributed by atoms with E-state index in [1.54, 1.807) is 24.3 Å². The second-order valence-corrected chi connectivity index (χ2v) is 8.45. The molecule has 7 heteroatoms. The molecule has 4 rings (SSSR count). The first kappa shape index (κ1) is 22.0. The van der Waals surface area contributed by atoms with E-state index in [0.717, 1.165) is 35.8 Å². The molecule has 0 saturated carbocycles. The number of phenolic OH excluding ortho intramolecular Hbond substituents is 1. The number of unbranched alkanes of at least 4 members (excludes halogenated alkanes) is 3. The lowest BCUT2D eigenvalue weighted by molar-refractivity contribution is 0.477. The Labute approximate surface area is 189 Å². The first-order valence-electron chi connectivity index (χ1n) is 10.6. The number of nitrogens with zero attached hydrogens (tertiary/aromatic N) is 3. The van der Waals surface area contributed by atoms with Gasteiger partial charge in [0.05, 0.1) is 16.0 Å². The van der Waals surface area contributed by atoms with Crippen LogP contribution in [0, 0.1) is 11.6 Å². The molecule has 0 aliphatic carbocycles. The molecule has 2 heterocycles. The van der Waals surface area contributed by atoms with Gasteiger partial charge in [-0.1, -0.05) is 38.3 Å². The third-order valence-electron chi connectivity index (χ3n) is 5.20. The van der Waals surface area contributed by atoms with Crippen LogP contribution in [-0.4, -0.2) is 20.1 Å². The molecule has 2 aromatic heterocycles. The number of halogens is 2. The lowest BCUT2D eigenvalue weighted by atomic mass is 10.1. The van der Waals surface area contributed by atoms with E-state index in [2.05, 4.69) is 27.9 Å². The Morgan fingerprint density at radius 2 is 1.59 bits per heavy atom. The average Bonchev–Trinajstić information content (AvgIpc) is 3.25. The highest BCUT2D eigenvalue weighted by atomic mass is 32.1. The van der Waals surface area contributed by atoms with Crippen molar-refractivity contribution in [3.63, 3.8) is 0 Å². The average molecular weight is 452 g/mol. The van der Waals surface area contributed by atoms with Crippen LogP contribution in [-0.2, 0) is 6.42 Å². The van der Waals surface area contributed by atoms with Crippen LogP contribution < -0.4 is 0 Å². The van der Waals surface area contributed by atoms with E-state index in [0.29, 0.717) is 11.4 Å². The number of para-hydroxylation sites is 1. The Hall–Kier alpha value is -3.19. The van der Waals surface area contributed by atoms with Crippen LogP contribution in [0.4, 0.5) is 8.78 Å². The summed E-state index contributed by atoms with van der Waals surface area (Å²) in [6, 6.07) is 12.1. The van der Waals surface area contributed by atoms with E-state index in [9.17, 15) is 13.9 Å². The molecule has 0 unspecified atom stereocenters. The smallest absolute Gasteiger partial charge is 0.174 e. The maximum Gasteiger partial charge on any atom is 0.174 e. The molecule has 0 atom stereocenters. The Bertz CT molecular complexity index is 1230. The molecule has 0 bridgehead atoms. The topological polar surface area (TPSA) is 58.9 Å². The van der Waals surface area contributed by atoms with Crippen molar-refractivity contribution in [2.24, 2.45) is 0 Å². The zero-order valence-electron chi connectivity index (χ0n) is 17.7. The molecule has 2 aromatic carbocycles. The summed E-state index contributed by atoms with van der Waals surface area (Å²) < 4.78 is 28.0. The van der Waals surface area contributed by atoms with Gasteiger partial charge in [-0.15, -0.1) is 11.3 Å². The number of benzene rings is 2. The number of aromatic hydroxyl groups is 1. The highest BCUT2D eigenvalue weighted by molar-refractivity contribution is 7.13. The van der Waals surface area contributed by atoms with E-state index in [1.807, 2.05) is 5.38 Å². The van der Waals surface area contributed by atoms with Gasteiger partial charge in [0.1, 0.15) is 17.4 Å². The SMILES string of the molecule is CCCCCCc1ccsc1-c1nc(-c2ccccc2O)nc(-c2ccc(F)cc2F)n1. The maximum atomic E-state index is 14.6. The van der Waals surface area contributed by atoms with Crippen molar-refractivity contribution in [1.29, 1.82) is 0 Å². The summed E-state index contributed by atoms with van der Waals surface area (Å²) in [4.78, 5) is 14.5. The number of aromatic nitrogens is 3. The molecule has 4 nitrogen and oxygen atoms in total. The fourth-order valence-corrected chi connectivity index (χ4v) is 4.41. The predicted molar refractivity (Wildman–Crippen MR) is 123 cm³/mol. The number of thiophene rings is 1. The van der Waals surface area contributed by atoms with Gasteiger partial charge in [-0.2, -0.15) is 0 Å². The Kier molecular flexibility index (Phi) is 6.85. The molecule has 0 aliphatic rings. The molecule has 0 amide bonds. The molecular formula is C25H23F2N3OS. The highest BCUT2D eigenvalue weighted by Crippen LogP contribution is 2.33. The molecule has 4 aromatic rings.